The molecule has 6 heteroatoms. The molecule has 0 saturated heterocycles. The summed E-state index contributed by atoms with van der Waals surface area (Å²) in [6, 6.07) is 17.2. The van der Waals surface area contributed by atoms with Gasteiger partial charge in [0.05, 0.1) is 5.56 Å². The Hall–Kier alpha value is -1.80. The van der Waals surface area contributed by atoms with Crippen molar-refractivity contribution in [1.29, 1.82) is 0 Å². The number of nitrogens with one attached hydrogen (secondary N) is 1. The van der Waals surface area contributed by atoms with Crippen molar-refractivity contribution >= 4 is 45.0 Å². The number of nitrogens with zero attached hydrogens (tertiary/aromatic N) is 2. The third kappa shape index (κ3) is 3.27. The maximum atomic E-state index is 12.2. The zero-order valence-corrected chi connectivity index (χ0v) is 13.8. The SMILES string of the molecule is O=C(Nc1nnc(-c2ccccc2)s1)c1ccccc1I. The van der Waals surface area contributed by atoms with Crippen molar-refractivity contribution in [3.8, 4) is 10.6 Å². The monoisotopic (exact) mass is 407 g/mol. The zero-order valence-electron chi connectivity index (χ0n) is 10.8. The van der Waals surface area contributed by atoms with Crippen LogP contribution >= 0.6 is 33.9 Å². The molecule has 1 amide bonds. The van der Waals surface area contributed by atoms with Crippen LogP contribution in [0, 0.1) is 3.57 Å². The number of benzene rings is 2. The van der Waals surface area contributed by atoms with Crippen LogP contribution in [0.25, 0.3) is 10.6 Å². The summed E-state index contributed by atoms with van der Waals surface area (Å²) < 4.78 is 0.903. The summed E-state index contributed by atoms with van der Waals surface area (Å²) in [7, 11) is 0. The number of carbonyl (C=O) groups excluding carboxylic acids is 1. The Bertz CT molecular complexity index is 773. The fourth-order valence-electron chi connectivity index (χ4n) is 1.78. The van der Waals surface area contributed by atoms with Gasteiger partial charge in [-0.3, -0.25) is 10.1 Å². The molecule has 0 aliphatic carbocycles. The molecule has 1 heterocycles. The molecule has 104 valence electrons. The van der Waals surface area contributed by atoms with Crippen molar-refractivity contribution in [1.82, 2.24) is 10.2 Å². The molecule has 21 heavy (non-hydrogen) atoms. The van der Waals surface area contributed by atoms with E-state index in [-0.39, 0.29) is 5.91 Å². The number of hydrogen-bond acceptors (Lipinski definition) is 4. The quantitative estimate of drug-likeness (QED) is 0.667. The molecule has 3 aromatic rings. The number of anilines is 1. The van der Waals surface area contributed by atoms with E-state index in [9.17, 15) is 4.79 Å². The van der Waals surface area contributed by atoms with Gasteiger partial charge in [0.1, 0.15) is 5.01 Å². The van der Waals surface area contributed by atoms with Gasteiger partial charge in [-0.1, -0.05) is 53.8 Å². The number of amides is 1. The van der Waals surface area contributed by atoms with Crippen molar-refractivity contribution in [3.05, 3.63) is 63.7 Å². The normalized spacial score (nSPS) is 10.3. The lowest BCUT2D eigenvalue weighted by atomic mass is 10.2. The van der Waals surface area contributed by atoms with Crippen LogP contribution in [0.5, 0.6) is 0 Å². The Balaban J connectivity index is 1.79. The van der Waals surface area contributed by atoms with Crippen molar-refractivity contribution < 1.29 is 4.79 Å². The van der Waals surface area contributed by atoms with E-state index in [1.165, 1.54) is 11.3 Å². The third-order valence-electron chi connectivity index (χ3n) is 2.78. The largest absolute Gasteiger partial charge is 0.296 e. The molecule has 3 rings (SSSR count). The zero-order chi connectivity index (χ0) is 14.7. The fraction of sp³-hybridized carbons (Fsp3) is 0. The van der Waals surface area contributed by atoms with Crippen LogP contribution in [0.3, 0.4) is 0 Å². The first kappa shape index (κ1) is 14.2. The minimum Gasteiger partial charge on any atom is -0.296 e. The van der Waals surface area contributed by atoms with Gasteiger partial charge < -0.3 is 0 Å². The predicted octanol–water partition coefficient (Wildman–Crippen LogP) is 4.06. The van der Waals surface area contributed by atoms with E-state index in [0.29, 0.717) is 10.7 Å². The summed E-state index contributed by atoms with van der Waals surface area (Å²) in [6.07, 6.45) is 0. The number of aromatic nitrogens is 2. The molecule has 1 aromatic heterocycles. The molecule has 0 atom stereocenters. The van der Waals surface area contributed by atoms with Gasteiger partial charge >= 0.3 is 0 Å². The van der Waals surface area contributed by atoms with Gasteiger partial charge in [-0.2, -0.15) is 0 Å². The average molecular weight is 407 g/mol. The van der Waals surface area contributed by atoms with E-state index in [4.69, 9.17) is 0 Å². The highest BCUT2D eigenvalue weighted by atomic mass is 127. The van der Waals surface area contributed by atoms with Gasteiger partial charge in [0.25, 0.3) is 5.91 Å². The van der Waals surface area contributed by atoms with E-state index in [0.717, 1.165) is 14.1 Å². The van der Waals surface area contributed by atoms with Crippen LogP contribution in [-0.4, -0.2) is 16.1 Å². The van der Waals surface area contributed by atoms with E-state index in [1.54, 1.807) is 6.07 Å². The highest BCUT2D eigenvalue weighted by Gasteiger charge is 2.13. The standard InChI is InChI=1S/C15H10IN3OS/c16-12-9-5-4-8-11(12)13(20)17-15-19-18-14(21-15)10-6-2-1-3-7-10/h1-9H,(H,17,19,20). The van der Waals surface area contributed by atoms with Crippen molar-refractivity contribution in [2.24, 2.45) is 0 Å². The Kier molecular flexibility index (Phi) is 4.26. The fourth-order valence-corrected chi connectivity index (χ4v) is 3.16. The molecule has 0 radical (unpaired) electrons. The lowest BCUT2D eigenvalue weighted by Crippen LogP contribution is -2.13. The van der Waals surface area contributed by atoms with Crippen LogP contribution in [0.1, 0.15) is 10.4 Å². The second kappa shape index (κ2) is 6.31. The minimum absolute atomic E-state index is 0.171. The predicted molar refractivity (Wildman–Crippen MR) is 92.5 cm³/mol. The van der Waals surface area contributed by atoms with Crippen LogP contribution < -0.4 is 5.32 Å². The molecule has 0 bridgehead atoms. The first-order chi connectivity index (χ1) is 10.2. The first-order valence-corrected chi connectivity index (χ1v) is 8.08. The maximum Gasteiger partial charge on any atom is 0.258 e. The molecule has 0 aliphatic heterocycles. The van der Waals surface area contributed by atoms with Crippen LogP contribution in [-0.2, 0) is 0 Å². The molecule has 4 nitrogen and oxygen atoms in total. The van der Waals surface area contributed by atoms with Crippen LogP contribution in [0.2, 0.25) is 0 Å². The highest BCUT2D eigenvalue weighted by molar-refractivity contribution is 14.1. The van der Waals surface area contributed by atoms with Gasteiger partial charge in [-0.15, -0.1) is 10.2 Å². The summed E-state index contributed by atoms with van der Waals surface area (Å²) in [4.78, 5) is 12.2. The molecule has 0 unspecified atom stereocenters. The Labute approximate surface area is 139 Å². The molecular formula is C15H10IN3OS. The third-order valence-corrected chi connectivity index (χ3v) is 4.61. The molecule has 0 spiro atoms. The van der Waals surface area contributed by atoms with E-state index in [1.807, 2.05) is 48.5 Å². The number of rotatable bonds is 3. The van der Waals surface area contributed by atoms with Gasteiger partial charge in [0.15, 0.2) is 0 Å². The van der Waals surface area contributed by atoms with Gasteiger partial charge in [-0.25, -0.2) is 0 Å². The second-order valence-electron chi connectivity index (χ2n) is 4.21. The van der Waals surface area contributed by atoms with E-state index >= 15 is 0 Å². The smallest absolute Gasteiger partial charge is 0.258 e. The van der Waals surface area contributed by atoms with Gasteiger partial charge in [0, 0.05) is 9.13 Å². The van der Waals surface area contributed by atoms with Crippen LogP contribution in [0.4, 0.5) is 5.13 Å². The van der Waals surface area contributed by atoms with Gasteiger partial charge in [-0.05, 0) is 34.7 Å². The van der Waals surface area contributed by atoms with Crippen LogP contribution in [0.15, 0.2) is 54.6 Å². The number of halogens is 1. The second-order valence-corrected chi connectivity index (χ2v) is 6.35. The first-order valence-electron chi connectivity index (χ1n) is 6.19. The number of hydrogen-bond donors (Lipinski definition) is 1. The topological polar surface area (TPSA) is 54.9 Å². The molecular weight excluding hydrogens is 397 g/mol. The Morgan fingerprint density at radius 1 is 1.00 bits per heavy atom. The number of carbonyl (C=O) groups is 1. The average Bonchev–Trinajstić information content (AvgIpc) is 2.97. The molecule has 2 aromatic carbocycles. The Morgan fingerprint density at radius 3 is 2.48 bits per heavy atom. The van der Waals surface area contributed by atoms with E-state index in [2.05, 4.69) is 38.1 Å². The van der Waals surface area contributed by atoms with Crippen molar-refractivity contribution in [3.63, 3.8) is 0 Å². The van der Waals surface area contributed by atoms with Gasteiger partial charge in [0.2, 0.25) is 5.13 Å². The summed E-state index contributed by atoms with van der Waals surface area (Å²) in [5.41, 5.74) is 1.62. The minimum atomic E-state index is -0.171. The summed E-state index contributed by atoms with van der Waals surface area (Å²) in [5.74, 6) is -0.171. The summed E-state index contributed by atoms with van der Waals surface area (Å²) in [6.45, 7) is 0. The Morgan fingerprint density at radius 2 is 1.71 bits per heavy atom. The highest BCUT2D eigenvalue weighted by Crippen LogP contribution is 2.26. The summed E-state index contributed by atoms with van der Waals surface area (Å²) >= 11 is 3.50. The maximum absolute atomic E-state index is 12.2. The van der Waals surface area contributed by atoms with Crippen molar-refractivity contribution in [2.75, 3.05) is 5.32 Å². The molecule has 1 N–H and O–H groups in total. The lowest BCUT2D eigenvalue weighted by Gasteiger charge is -2.02. The molecule has 0 saturated carbocycles. The molecule has 0 aliphatic rings. The van der Waals surface area contributed by atoms with Crippen molar-refractivity contribution in [2.45, 2.75) is 0 Å². The summed E-state index contributed by atoms with van der Waals surface area (Å²) in [5, 5.41) is 12.2. The van der Waals surface area contributed by atoms with E-state index < -0.39 is 0 Å². The molecule has 0 fully saturated rings. The lowest BCUT2D eigenvalue weighted by molar-refractivity contribution is 0.102.